The van der Waals surface area contributed by atoms with Crippen LogP contribution >= 0.6 is 10.0 Å². The Labute approximate surface area is 148 Å². The fourth-order valence-corrected chi connectivity index (χ4v) is 4.90. The van der Waals surface area contributed by atoms with Gasteiger partial charge in [0.15, 0.2) is 0 Å². The molecule has 0 aromatic carbocycles. The second-order valence-corrected chi connectivity index (χ2v) is 14.0. The van der Waals surface area contributed by atoms with Gasteiger partial charge in [0.05, 0.1) is 0 Å². The molecule has 1 saturated carbocycles. The van der Waals surface area contributed by atoms with E-state index in [-0.39, 0.29) is 28.5 Å². The van der Waals surface area contributed by atoms with Crippen LogP contribution < -0.4 is 11.1 Å². The maximum absolute atomic E-state index is 12.2. The van der Waals surface area contributed by atoms with Crippen LogP contribution in [0, 0.1) is 11.8 Å². The van der Waals surface area contributed by atoms with Gasteiger partial charge in [-0.05, 0) is 62.5 Å². The Bertz CT molecular complexity index is 478. The first-order valence-electron chi connectivity index (χ1n) is 8.62. The van der Waals surface area contributed by atoms with Crippen LogP contribution in [0.15, 0.2) is 0 Å². The van der Waals surface area contributed by atoms with Crippen molar-refractivity contribution in [2.45, 2.75) is 70.8 Å². The summed E-state index contributed by atoms with van der Waals surface area (Å²) in [5, 5.41) is 2.99. The third kappa shape index (κ3) is 5.87. The van der Waals surface area contributed by atoms with Gasteiger partial charge in [-0.15, -0.1) is 0 Å². The molecule has 1 rings (SSSR count). The first-order valence-corrected chi connectivity index (χ1v) is 11.2. The second-order valence-electron chi connectivity index (χ2n) is 9.40. The SMILES string of the molecule is CC(C)(C)OC(=O)N[C@@H]1C[C@H](C(N)=O)C[C@@H]1CS(C)(C)C(C)(C)C. The van der Waals surface area contributed by atoms with E-state index in [1.807, 2.05) is 20.8 Å². The lowest BCUT2D eigenvalue weighted by Gasteiger charge is -2.47. The molecule has 0 heterocycles. The highest BCUT2D eigenvalue weighted by molar-refractivity contribution is 8.33. The highest BCUT2D eigenvalue weighted by Crippen LogP contribution is 2.55. The fraction of sp³-hybridized carbons (Fsp3) is 0.889. The van der Waals surface area contributed by atoms with Gasteiger partial charge < -0.3 is 15.8 Å². The molecule has 1 aliphatic carbocycles. The third-order valence-electron chi connectivity index (χ3n) is 5.09. The number of alkyl carbamates (subject to hydrolysis) is 1. The minimum absolute atomic E-state index is 0.0496. The predicted molar refractivity (Wildman–Crippen MR) is 103 cm³/mol. The van der Waals surface area contributed by atoms with Crippen LogP contribution in [0.4, 0.5) is 4.79 Å². The molecule has 142 valence electrons. The molecule has 0 aromatic heterocycles. The minimum Gasteiger partial charge on any atom is -0.444 e. The summed E-state index contributed by atoms with van der Waals surface area (Å²) in [6.45, 7) is 12.3. The lowest BCUT2D eigenvalue weighted by molar-refractivity contribution is -0.121. The summed E-state index contributed by atoms with van der Waals surface area (Å²) in [4.78, 5) is 23.8. The zero-order chi connectivity index (χ0) is 18.9. The Morgan fingerprint density at radius 2 is 1.67 bits per heavy atom. The molecule has 2 amide bonds. The number of hydrogen-bond donors (Lipinski definition) is 2. The van der Waals surface area contributed by atoms with Crippen molar-refractivity contribution in [3.05, 3.63) is 0 Å². The Morgan fingerprint density at radius 1 is 1.12 bits per heavy atom. The van der Waals surface area contributed by atoms with E-state index in [1.165, 1.54) is 0 Å². The first kappa shape index (κ1) is 21.1. The van der Waals surface area contributed by atoms with Crippen molar-refractivity contribution in [2.24, 2.45) is 17.6 Å². The smallest absolute Gasteiger partial charge is 0.407 e. The number of hydrogen-bond acceptors (Lipinski definition) is 3. The van der Waals surface area contributed by atoms with Crippen molar-refractivity contribution in [2.75, 3.05) is 18.3 Å². The van der Waals surface area contributed by atoms with Crippen LogP contribution in [-0.2, 0) is 9.53 Å². The van der Waals surface area contributed by atoms with Gasteiger partial charge in [-0.25, -0.2) is 14.8 Å². The summed E-state index contributed by atoms with van der Waals surface area (Å²) in [5.41, 5.74) is 5.00. The molecule has 0 spiro atoms. The van der Waals surface area contributed by atoms with Crippen molar-refractivity contribution in [1.82, 2.24) is 5.32 Å². The number of primary amides is 1. The van der Waals surface area contributed by atoms with Gasteiger partial charge in [-0.2, -0.15) is 0 Å². The number of carbonyl (C=O) groups is 2. The fourth-order valence-electron chi connectivity index (χ4n) is 2.96. The number of nitrogens with one attached hydrogen (secondary N) is 1. The van der Waals surface area contributed by atoms with Crippen LogP contribution in [-0.4, -0.2) is 46.7 Å². The van der Waals surface area contributed by atoms with Crippen LogP contribution in [0.3, 0.4) is 0 Å². The molecule has 0 aromatic rings. The van der Waals surface area contributed by atoms with Gasteiger partial charge in [-0.3, -0.25) is 4.79 Å². The topological polar surface area (TPSA) is 81.4 Å². The largest absolute Gasteiger partial charge is 0.444 e. The average molecular weight is 361 g/mol. The van der Waals surface area contributed by atoms with Gasteiger partial charge >= 0.3 is 6.09 Å². The van der Waals surface area contributed by atoms with Crippen molar-refractivity contribution in [3.63, 3.8) is 0 Å². The Morgan fingerprint density at radius 3 is 2.08 bits per heavy atom. The molecular weight excluding hydrogens is 324 g/mol. The van der Waals surface area contributed by atoms with Crippen molar-refractivity contribution in [1.29, 1.82) is 0 Å². The second kappa shape index (κ2) is 7.14. The minimum atomic E-state index is -0.878. The molecule has 24 heavy (non-hydrogen) atoms. The Kier molecular flexibility index (Phi) is 6.29. The van der Waals surface area contributed by atoms with Crippen LogP contribution in [0.2, 0.25) is 0 Å². The predicted octanol–water partition coefficient (Wildman–Crippen LogP) is 3.25. The quantitative estimate of drug-likeness (QED) is 0.807. The van der Waals surface area contributed by atoms with Gasteiger partial charge in [0, 0.05) is 12.0 Å². The molecule has 0 radical (unpaired) electrons. The van der Waals surface area contributed by atoms with E-state index < -0.39 is 21.7 Å². The number of ether oxygens (including phenoxy) is 1. The number of amides is 2. The number of carbonyl (C=O) groups excluding carboxylic acids is 2. The van der Waals surface area contributed by atoms with Crippen LogP contribution in [0.1, 0.15) is 54.4 Å². The molecule has 5 nitrogen and oxygen atoms in total. The molecule has 3 atom stereocenters. The molecule has 1 fully saturated rings. The third-order valence-corrected chi connectivity index (χ3v) is 9.66. The van der Waals surface area contributed by atoms with Gasteiger partial charge in [0.25, 0.3) is 0 Å². The lowest BCUT2D eigenvalue weighted by atomic mass is 10.1. The maximum atomic E-state index is 12.2. The number of nitrogens with two attached hydrogens (primary N) is 1. The average Bonchev–Trinajstić information content (AvgIpc) is 2.67. The van der Waals surface area contributed by atoms with Crippen molar-refractivity contribution >= 4 is 22.0 Å². The highest BCUT2D eigenvalue weighted by Gasteiger charge is 2.42. The molecule has 0 bridgehead atoms. The summed E-state index contributed by atoms with van der Waals surface area (Å²) >= 11 is 0. The molecule has 0 aliphatic heterocycles. The lowest BCUT2D eigenvalue weighted by Crippen LogP contribution is -2.43. The van der Waals surface area contributed by atoms with Crippen LogP contribution in [0.5, 0.6) is 0 Å². The van der Waals surface area contributed by atoms with Crippen molar-refractivity contribution < 1.29 is 14.3 Å². The zero-order valence-electron chi connectivity index (χ0n) is 16.6. The Balaban J connectivity index is 2.86. The summed E-state index contributed by atoms with van der Waals surface area (Å²) in [5.74, 6) is 0.849. The summed E-state index contributed by atoms with van der Waals surface area (Å²) in [6, 6.07) is -0.0496. The Hall–Kier alpha value is -0.910. The first-order chi connectivity index (χ1) is 10.6. The van der Waals surface area contributed by atoms with Gasteiger partial charge in [0.1, 0.15) is 5.60 Å². The number of rotatable bonds is 4. The van der Waals surface area contributed by atoms with E-state index in [0.717, 1.165) is 12.2 Å². The standard InChI is InChI=1S/C18H36N2O3S/c1-17(2,3)23-16(22)20-14-10-12(15(19)21)9-13(14)11-24(7,8)18(4,5)6/h12-14H,9-11H2,1-8H3,(H2,19,21)(H,20,22)/t12-,13-,14-/m1/s1. The van der Waals surface area contributed by atoms with E-state index in [2.05, 4.69) is 38.6 Å². The summed E-state index contributed by atoms with van der Waals surface area (Å²) < 4.78 is 5.60. The molecular formula is C18H36N2O3S. The monoisotopic (exact) mass is 360 g/mol. The molecule has 0 saturated heterocycles. The molecule has 6 heteroatoms. The molecule has 3 N–H and O–H groups in total. The van der Waals surface area contributed by atoms with Crippen LogP contribution in [0.25, 0.3) is 0 Å². The van der Waals surface area contributed by atoms with E-state index in [4.69, 9.17) is 10.5 Å². The van der Waals surface area contributed by atoms with E-state index >= 15 is 0 Å². The zero-order valence-corrected chi connectivity index (χ0v) is 17.4. The maximum Gasteiger partial charge on any atom is 0.407 e. The summed E-state index contributed by atoms with van der Waals surface area (Å²) in [7, 11) is -0.878. The molecule has 1 aliphatic rings. The normalized spacial score (nSPS) is 26.1. The molecule has 0 unspecified atom stereocenters. The van der Waals surface area contributed by atoms with Crippen molar-refractivity contribution in [3.8, 4) is 0 Å². The summed E-state index contributed by atoms with van der Waals surface area (Å²) in [6.07, 6.45) is 5.61. The van der Waals surface area contributed by atoms with E-state index in [9.17, 15) is 9.59 Å². The van der Waals surface area contributed by atoms with Gasteiger partial charge in [0.2, 0.25) is 5.91 Å². The van der Waals surface area contributed by atoms with Gasteiger partial charge in [-0.1, -0.05) is 20.8 Å². The van der Waals surface area contributed by atoms with E-state index in [0.29, 0.717) is 6.42 Å². The van der Waals surface area contributed by atoms with E-state index in [1.54, 1.807) is 0 Å². The highest BCUT2D eigenvalue weighted by atomic mass is 32.3.